The first-order valence-corrected chi connectivity index (χ1v) is 8.29. The van der Waals surface area contributed by atoms with E-state index in [1.807, 2.05) is 7.05 Å². The molecule has 114 valence electrons. The molecule has 1 N–H and O–H groups in total. The Hall–Kier alpha value is -0.630. The molecule has 2 fully saturated rings. The van der Waals surface area contributed by atoms with Crippen LogP contribution < -0.4 is 5.32 Å². The molecular formula is C16H30N4. The van der Waals surface area contributed by atoms with Crippen LogP contribution in [-0.4, -0.2) is 61.2 Å². The molecule has 2 unspecified atom stereocenters. The normalized spacial score (nSPS) is 27.6. The number of nitrogens with zero attached hydrogens (tertiary/aromatic N) is 3. The number of nitrogens with one attached hydrogen (secondary N) is 1. The van der Waals surface area contributed by atoms with E-state index in [0.717, 1.165) is 31.8 Å². The molecular weight excluding hydrogens is 248 g/mol. The molecule has 2 rings (SSSR count). The second-order valence-corrected chi connectivity index (χ2v) is 6.39. The summed E-state index contributed by atoms with van der Waals surface area (Å²) in [6, 6.07) is 3.26. The molecule has 0 spiro atoms. The smallest absolute Gasteiger partial charge is 0.106 e. The Bertz CT molecular complexity index is 326. The van der Waals surface area contributed by atoms with Gasteiger partial charge in [0.2, 0.25) is 0 Å². The van der Waals surface area contributed by atoms with Crippen LogP contribution in [0.3, 0.4) is 0 Å². The highest BCUT2D eigenvalue weighted by Crippen LogP contribution is 2.22. The molecule has 4 nitrogen and oxygen atoms in total. The Morgan fingerprint density at radius 2 is 2.05 bits per heavy atom. The van der Waals surface area contributed by atoms with Crippen molar-refractivity contribution in [2.75, 3.05) is 39.8 Å². The van der Waals surface area contributed by atoms with E-state index in [4.69, 9.17) is 0 Å². The summed E-state index contributed by atoms with van der Waals surface area (Å²) in [7, 11) is 1.91. The van der Waals surface area contributed by atoms with E-state index in [2.05, 4.69) is 28.1 Å². The lowest BCUT2D eigenvalue weighted by molar-refractivity contribution is 0.228. The van der Waals surface area contributed by atoms with Gasteiger partial charge in [-0.1, -0.05) is 6.92 Å². The highest BCUT2D eigenvalue weighted by Gasteiger charge is 2.30. The van der Waals surface area contributed by atoms with Crippen LogP contribution >= 0.6 is 0 Å². The van der Waals surface area contributed by atoms with Crippen molar-refractivity contribution in [3.63, 3.8) is 0 Å². The van der Waals surface area contributed by atoms with E-state index in [1.165, 1.54) is 45.4 Å². The Labute approximate surface area is 124 Å². The van der Waals surface area contributed by atoms with Crippen molar-refractivity contribution in [1.29, 1.82) is 5.26 Å². The molecule has 0 bridgehead atoms. The zero-order chi connectivity index (χ0) is 14.4. The van der Waals surface area contributed by atoms with Crippen LogP contribution in [0.1, 0.15) is 45.4 Å². The van der Waals surface area contributed by atoms with Crippen molar-refractivity contribution in [1.82, 2.24) is 15.1 Å². The minimum atomic E-state index is -0.311. The molecule has 0 amide bonds. The van der Waals surface area contributed by atoms with E-state index in [-0.39, 0.29) is 5.54 Å². The summed E-state index contributed by atoms with van der Waals surface area (Å²) in [5, 5.41) is 12.5. The van der Waals surface area contributed by atoms with E-state index < -0.39 is 0 Å². The zero-order valence-electron chi connectivity index (χ0n) is 13.2. The molecule has 0 aromatic rings. The van der Waals surface area contributed by atoms with Gasteiger partial charge in [0.1, 0.15) is 5.54 Å². The summed E-state index contributed by atoms with van der Waals surface area (Å²) < 4.78 is 0. The van der Waals surface area contributed by atoms with Crippen LogP contribution in [0.4, 0.5) is 0 Å². The summed E-state index contributed by atoms with van der Waals surface area (Å²) in [5.41, 5.74) is -0.311. The third-order valence-electron chi connectivity index (χ3n) is 5.28. The number of hydrogen-bond acceptors (Lipinski definition) is 4. The monoisotopic (exact) mass is 278 g/mol. The highest BCUT2D eigenvalue weighted by molar-refractivity contribution is 5.05. The van der Waals surface area contributed by atoms with Gasteiger partial charge >= 0.3 is 0 Å². The summed E-state index contributed by atoms with van der Waals surface area (Å²) in [6.07, 6.45) is 7.08. The van der Waals surface area contributed by atoms with E-state index >= 15 is 0 Å². The molecule has 2 heterocycles. The van der Waals surface area contributed by atoms with Gasteiger partial charge in [0.05, 0.1) is 6.07 Å². The lowest BCUT2D eigenvalue weighted by atomic mass is 9.92. The Morgan fingerprint density at radius 3 is 2.65 bits per heavy atom. The summed E-state index contributed by atoms with van der Waals surface area (Å²) in [5.74, 6) is 0. The molecule has 2 aliphatic heterocycles. The van der Waals surface area contributed by atoms with Gasteiger partial charge in [-0.15, -0.1) is 0 Å². The predicted octanol–water partition coefficient (Wildman–Crippen LogP) is 1.83. The van der Waals surface area contributed by atoms with Crippen molar-refractivity contribution in [2.45, 2.75) is 57.0 Å². The van der Waals surface area contributed by atoms with Gasteiger partial charge in [0.25, 0.3) is 0 Å². The largest absolute Gasteiger partial charge is 0.302 e. The van der Waals surface area contributed by atoms with Crippen LogP contribution in [-0.2, 0) is 0 Å². The van der Waals surface area contributed by atoms with Crippen molar-refractivity contribution in [3.05, 3.63) is 0 Å². The second-order valence-electron chi connectivity index (χ2n) is 6.39. The number of hydrogen-bond donors (Lipinski definition) is 1. The SMILES string of the molecule is CCC(C#N)(CCCN1CCC(N2CCCC2)C1)NC. The average molecular weight is 278 g/mol. The van der Waals surface area contributed by atoms with Crippen LogP contribution in [0.25, 0.3) is 0 Å². The maximum absolute atomic E-state index is 9.32. The minimum Gasteiger partial charge on any atom is -0.302 e. The minimum absolute atomic E-state index is 0.311. The molecule has 2 saturated heterocycles. The first-order valence-electron chi connectivity index (χ1n) is 8.29. The predicted molar refractivity (Wildman–Crippen MR) is 82.6 cm³/mol. The van der Waals surface area contributed by atoms with Gasteiger partial charge < -0.3 is 10.2 Å². The van der Waals surface area contributed by atoms with Gasteiger partial charge in [-0.05, 0) is 71.8 Å². The first-order chi connectivity index (χ1) is 9.73. The van der Waals surface area contributed by atoms with E-state index in [1.54, 1.807) is 0 Å². The molecule has 0 aromatic carbocycles. The third-order valence-corrected chi connectivity index (χ3v) is 5.28. The summed E-state index contributed by atoms with van der Waals surface area (Å²) in [4.78, 5) is 5.27. The summed E-state index contributed by atoms with van der Waals surface area (Å²) in [6.45, 7) is 8.35. The fraction of sp³-hybridized carbons (Fsp3) is 0.938. The van der Waals surface area contributed by atoms with Crippen LogP contribution in [0.15, 0.2) is 0 Å². The van der Waals surface area contributed by atoms with Crippen molar-refractivity contribution >= 4 is 0 Å². The van der Waals surface area contributed by atoms with Crippen LogP contribution in [0, 0.1) is 11.3 Å². The van der Waals surface area contributed by atoms with Crippen molar-refractivity contribution in [2.24, 2.45) is 0 Å². The average Bonchev–Trinajstić information content (AvgIpc) is 3.15. The van der Waals surface area contributed by atoms with Gasteiger partial charge in [-0.25, -0.2) is 0 Å². The first kappa shape index (κ1) is 15.8. The summed E-state index contributed by atoms with van der Waals surface area (Å²) >= 11 is 0. The highest BCUT2D eigenvalue weighted by atomic mass is 15.3. The Morgan fingerprint density at radius 1 is 1.30 bits per heavy atom. The standard InChI is InChI=1S/C16H30N4/c1-3-16(14-17,18-2)8-6-9-19-12-7-15(13-19)20-10-4-5-11-20/h15,18H,3-13H2,1-2H3. The zero-order valence-corrected chi connectivity index (χ0v) is 13.2. The molecule has 2 atom stereocenters. The van der Waals surface area contributed by atoms with Gasteiger partial charge in [-0.2, -0.15) is 5.26 Å². The molecule has 0 aromatic heterocycles. The fourth-order valence-corrected chi connectivity index (χ4v) is 3.69. The van der Waals surface area contributed by atoms with E-state index in [0.29, 0.717) is 0 Å². The molecule has 0 aliphatic carbocycles. The lowest BCUT2D eigenvalue weighted by Crippen LogP contribution is -2.41. The number of nitriles is 1. The Balaban J connectivity index is 1.69. The van der Waals surface area contributed by atoms with Crippen molar-refractivity contribution in [3.8, 4) is 6.07 Å². The molecule has 0 saturated carbocycles. The van der Waals surface area contributed by atoms with Crippen LogP contribution in [0.2, 0.25) is 0 Å². The topological polar surface area (TPSA) is 42.3 Å². The fourth-order valence-electron chi connectivity index (χ4n) is 3.69. The third kappa shape index (κ3) is 3.72. The van der Waals surface area contributed by atoms with Crippen molar-refractivity contribution < 1.29 is 0 Å². The van der Waals surface area contributed by atoms with Gasteiger partial charge in [0.15, 0.2) is 0 Å². The van der Waals surface area contributed by atoms with Gasteiger partial charge in [0, 0.05) is 12.6 Å². The maximum atomic E-state index is 9.32. The van der Waals surface area contributed by atoms with Gasteiger partial charge in [-0.3, -0.25) is 4.90 Å². The number of rotatable bonds is 7. The molecule has 2 aliphatic rings. The molecule has 20 heavy (non-hydrogen) atoms. The lowest BCUT2D eigenvalue weighted by Gasteiger charge is -2.26. The van der Waals surface area contributed by atoms with E-state index in [9.17, 15) is 5.26 Å². The molecule has 0 radical (unpaired) electrons. The number of likely N-dealkylation sites (tertiary alicyclic amines) is 2. The molecule has 4 heteroatoms. The Kier molecular flexibility index (Phi) is 5.83. The second kappa shape index (κ2) is 7.40. The quantitative estimate of drug-likeness (QED) is 0.771. The van der Waals surface area contributed by atoms with Crippen LogP contribution in [0.5, 0.6) is 0 Å². The maximum Gasteiger partial charge on any atom is 0.106 e.